The second-order valence-electron chi connectivity index (χ2n) is 2.23. The van der Waals surface area contributed by atoms with Crippen LogP contribution in [0, 0.1) is 0 Å². The first-order chi connectivity index (χ1) is 5.41. The average molecular weight is 156 g/mol. The molecule has 64 valence electrons. The van der Waals surface area contributed by atoms with Crippen molar-refractivity contribution < 1.29 is 4.94 Å². The minimum atomic E-state index is 0.948. The Balaban J connectivity index is 3.11. The summed E-state index contributed by atoms with van der Waals surface area (Å²) in [5.74, 6) is 0. The summed E-state index contributed by atoms with van der Waals surface area (Å²) in [5, 5.41) is 7.22. The first kappa shape index (κ1) is 10.1. The molecule has 0 unspecified atom stereocenters. The summed E-state index contributed by atoms with van der Waals surface area (Å²) in [4.78, 5) is 4.58. The molecule has 0 aliphatic rings. The molecular weight excluding hydrogens is 140 g/mol. The molecule has 0 aromatic rings. The third-order valence-corrected chi connectivity index (χ3v) is 1.08. The fourth-order valence-electron chi connectivity index (χ4n) is 0.457. The second-order valence-corrected chi connectivity index (χ2v) is 2.23. The topological polar surface area (TPSA) is 34.0 Å². The molecule has 0 radical (unpaired) electrons. The van der Waals surface area contributed by atoms with E-state index in [0.29, 0.717) is 0 Å². The van der Waals surface area contributed by atoms with Crippen LogP contribution in [-0.2, 0) is 4.94 Å². The Morgan fingerprint density at radius 3 is 1.82 bits per heavy atom. The van der Waals surface area contributed by atoms with E-state index in [1.807, 2.05) is 0 Å². The molecule has 0 heterocycles. The first-order valence-electron chi connectivity index (χ1n) is 4.11. The molecule has 11 heavy (non-hydrogen) atoms. The van der Waals surface area contributed by atoms with Gasteiger partial charge in [0.2, 0.25) is 0 Å². The lowest BCUT2D eigenvalue weighted by molar-refractivity contribution is 0.157. The molecule has 0 fully saturated rings. The van der Waals surface area contributed by atoms with E-state index < -0.39 is 0 Å². The summed E-state index contributed by atoms with van der Waals surface area (Å²) in [7, 11) is 0. The molecule has 0 aromatic carbocycles. The van der Waals surface area contributed by atoms with Crippen LogP contribution in [0.2, 0.25) is 0 Å². The van der Waals surface area contributed by atoms with Crippen LogP contribution in [0.3, 0.4) is 0 Å². The molecule has 3 nitrogen and oxygen atoms in total. The van der Waals surface area contributed by atoms with Gasteiger partial charge in [0.15, 0.2) is 0 Å². The zero-order chi connectivity index (χ0) is 8.36. The van der Waals surface area contributed by atoms with Gasteiger partial charge in [0.05, 0.1) is 0 Å². The van der Waals surface area contributed by atoms with Gasteiger partial charge in [0.1, 0.15) is 0 Å². The van der Waals surface area contributed by atoms with E-state index in [-0.39, 0.29) is 0 Å². The maximum atomic E-state index is 4.58. The predicted molar refractivity (Wildman–Crippen MR) is 47.9 cm³/mol. The van der Waals surface area contributed by atoms with E-state index in [9.17, 15) is 0 Å². The molecule has 3 heteroatoms. The van der Waals surface area contributed by atoms with Crippen LogP contribution < -0.4 is 0 Å². The van der Waals surface area contributed by atoms with Crippen molar-refractivity contribution in [2.24, 2.45) is 10.3 Å². The molecule has 0 bridgehead atoms. The van der Waals surface area contributed by atoms with Gasteiger partial charge >= 0.3 is 0 Å². The molecule has 0 amide bonds. The maximum Gasteiger partial charge on any atom is 0.0470 e. The number of rotatable bonds is 6. The van der Waals surface area contributed by atoms with Gasteiger partial charge in [-0.15, -0.1) is 0 Å². The van der Waals surface area contributed by atoms with Crippen molar-refractivity contribution in [2.75, 3.05) is 0 Å². The van der Waals surface area contributed by atoms with Crippen LogP contribution in [0.25, 0.3) is 0 Å². The van der Waals surface area contributed by atoms with Crippen LogP contribution in [-0.4, -0.2) is 12.4 Å². The van der Waals surface area contributed by atoms with Gasteiger partial charge in [-0.3, -0.25) is 0 Å². The highest BCUT2D eigenvalue weighted by atomic mass is 16.8. The van der Waals surface area contributed by atoms with Gasteiger partial charge in [-0.1, -0.05) is 37.0 Å². The third-order valence-electron chi connectivity index (χ3n) is 1.08. The van der Waals surface area contributed by atoms with E-state index in [4.69, 9.17) is 0 Å². The fourth-order valence-corrected chi connectivity index (χ4v) is 0.457. The number of hydrogen-bond acceptors (Lipinski definition) is 3. The molecule has 0 aromatic heterocycles. The average Bonchev–Trinajstić information content (AvgIpc) is 2.03. The number of hydrogen-bond donors (Lipinski definition) is 0. The molecule has 0 saturated heterocycles. The predicted octanol–water partition coefficient (Wildman–Crippen LogP) is 2.57. The summed E-state index contributed by atoms with van der Waals surface area (Å²) < 4.78 is 0. The lowest BCUT2D eigenvalue weighted by atomic mass is 10.4. The lowest BCUT2D eigenvalue weighted by Crippen LogP contribution is -1.77. The van der Waals surface area contributed by atoms with Gasteiger partial charge in [-0.05, 0) is 12.8 Å². The van der Waals surface area contributed by atoms with Crippen LogP contribution in [0.4, 0.5) is 0 Å². The van der Waals surface area contributed by atoms with E-state index in [1.165, 1.54) is 0 Å². The SMILES string of the molecule is CCC/C=N/O/N=C/CCC. The molecule has 0 N–H and O–H groups in total. The van der Waals surface area contributed by atoms with Crippen molar-refractivity contribution in [3.05, 3.63) is 0 Å². The third kappa shape index (κ3) is 9.14. The van der Waals surface area contributed by atoms with Gasteiger partial charge in [-0.2, -0.15) is 0 Å². The van der Waals surface area contributed by atoms with E-state index >= 15 is 0 Å². The van der Waals surface area contributed by atoms with Crippen molar-refractivity contribution in [1.29, 1.82) is 0 Å². The minimum Gasteiger partial charge on any atom is -0.245 e. The largest absolute Gasteiger partial charge is 0.245 e. The summed E-state index contributed by atoms with van der Waals surface area (Å²) in [6.07, 6.45) is 7.52. The van der Waals surface area contributed by atoms with Crippen molar-refractivity contribution in [2.45, 2.75) is 39.5 Å². The van der Waals surface area contributed by atoms with Crippen molar-refractivity contribution in [3.63, 3.8) is 0 Å². The first-order valence-corrected chi connectivity index (χ1v) is 4.11. The maximum absolute atomic E-state index is 4.58. The summed E-state index contributed by atoms with van der Waals surface area (Å²) >= 11 is 0. The Morgan fingerprint density at radius 1 is 1.00 bits per heavy atom. The number of nitrogens with zero attached hydrogens (tertiary/aromatic N) is 2. The zero-order valence-corrected chi connectivity index (χ0v) is 7.29. The standard InChI is InChI=1S/C8H16N2O/c1-3-5-7-9-11-10-8-6-4-2/h7-8H,3-6H2,1-2H3/b9-7+,10-8+. The second kappa shape index (κ2) is 9.14. The summed E-state index contributed by atoms with van der Waals surface area (Å²) in [6, 6.07) is 0. The molecule has 0 aliphatic carbocycles. The summed E-state index contributed by atoms with van der Waals surface area (Å²) in [5.41, 5.74) is 0. The molecule has 0 rings (SSSR count). The van der Waals surface area contributed by atoms with Gasteiger partial charge in [0, 0.05) is 12.4 Å². The molecular formula is C8H16N2O. The molecule has 0 saturated carbocycles. The molecule has 0 spiro atoms. The van der Waals surface area contributed by atoms with Crippen molar-refractivity contribution >= 4 is 12.4 Å². The molecule has 0 aliphatic heterocycles. The molecule has 0 atom stereocenters. The quantitative estimate of drug-likeness (QED) is 0.430. The number of oxime groups is 2. The van der Waals surface area contributed by atoms with Crippen molar-refractivity contribution in [3.8, 4) is 0 Å². The van der Waals surface area contributed by atoms with Crippen molar-refractivity contribution in [1.82, 2.24) is 0 Å². The van der Waals surface area contributed by atoms with Gasteiger partial charge in [-0.25, -0.2) is 4.94 Å². The van der Waals surface area contributed by atoms with Gasteiger partial charge < -0.3 is 0 Å². The Hall–Kier alpha value is -0.860. The van der Waals surface area contributed by atoms with E-state index in [2.05, 4.69) is 29.1 Å². The summed E-state index contributed by atoms with van der Waals surface area (Å²) in [6.45, 7) is 4.18. The van der Waals surface area contributed by atoms with Crippen LogP contribution in [0.1, 0.15) is 39.5 Å². The minimum absolute atomic E-state index is 0.948. The highest BCUT2D eigenvalue weighted by molar-refractivity contribution is 5.57. The Bertz CT molecular complexity index is 107. The number of unbranched alkanes of at least 4 members (excludes halogenated alkanes) is 2. The van der Waals surface area contributed by atoms with Crippen LogP contribution in [0.15, 0.2) is 10.3 Å². The normalized spacial score (nSPS) is 11.5. The fraction of sp³-hybridized carbons (Fsp3) is 0.750. The van der Waals surface area contributed by atoms with Crippen LogP contribution in [0.5, 0.6) is 0 Å². The van der Waals surface area contributed by atoms with Crippen LogP contribution >= 0.6 is 0 Å². The zero-order valence-electron chi connectivity index (χ0n) is 7.29. The lowest BCUT2D eigenvalue weighted by Gasteiger charge is -1.85. The Labute approximate surface area is 68.1 Å². The Morgan fingerprint density at radius 2 is 1.45 bits per heavy atom. The monoisotopic (exact) mass is 156 g/mol. The smallest absolute Gasteiger partial charge is 0.0470 e. The Kier molecular flexibility index (Phi) is 8.43. The van der Waals surface area contributed by atoms with Gasteiger partial charge in [0.25, 0.3) is 0 Å². The highest BCUT2D eigenvalue weighted by Gasteiger charge is 1.75. The highest BCUT2D eigenvalue weighted by Crippen LogP contribution is 1.84. The van der Waals surface area contributed by atoms with E-state index in [1.54, 1.807) is 12.4 Å². The van der Waals surface area contributed by atoms with E-state index in [0.717, 1.165) is 25.7 Å².